The van der Waals surface area contributed by atoms with Crippen LogP contribution in [-0.4, -0.2) is 11.9 Å². The summed E-state index contributed by atoms with van der Waals surface area (Å²) in [5.74, 6) is -0.0185. The smallest absolute Gasteiger partial charge is 0.217 e. The second-order valence-electron chi connectivity index (χ2n) is 4.41. The Bertz CT molecular complexity index is 381. The summed E-state index contributed by atoms with van der Waals surface area (Å²) in [7, 11) is 0. The summed E-state index contributed by atoms with van der Waals surface area (Å²) in [6.07, 6.45) is 0.756. The highest BCUT2D eigenvalue weighted by Crippen LogP contribution is 2.20. The minimum Gasteiger partial charge on any atom is -0.354 e. The van der Waals surface area contributed by atoms with E-state index < -0.39 is 0 Å². The van der Waals surface area contributed by atoms with Crippen LogP contribution in [0.2, 0.25) is 0 Å². The Balaban J connectivity index is 2.68. The number of benzene rings is 1. The van der Waals surface area contributed by atoms with E-state index >= 15 is 0 Å². The van der Waals surface area contributed by atoms with Crippen LogP contribution in [-0.2, 0) is 4.79 Å². The first-order valence-corrected chi connectivity index (χ1v) is 6.10. The Morgan fingerprint density at radius 2 is 2.18 bits per heavy atom. The van der Waals surface area contributed by atoms with Gasteiger partial charge < -0.3 is 5.32 Å². The zero-order chi connectivity index (χ0) is 12.8. The third kappa shape index (κ3) is 4.75. The zero-order valence-electron chi connectivity index (χ0n) is 10.5. The van der Waals surface area contributed by atoms with Gasteiger partial charge in [-0.3, -0.25) is 4.79 Å². The van der Waals surface area contributed by atoms with Crippen molar-refractivity contribution in [2.45, 2.75) is 39.3 Å². The fourth-order valence-corrected chi connectivity index (χ4v) is 2.11. The van der Waals surface area contributed by atoms with Gasteiger partial charge in [0.2, 0.25) is 5.91 Å². The van der Waals surface area contributed by atoms with E-state index in [4.69, 9.17) is 11.8 Å². The molecular weight excluding hydrogens is 236 g/mol. The first-order valence-electron chi connectivity index (χ1n) is 5.72. The first-order chi connectivity index (χ1) is 8.02. The van der Waals surface area contributed by atoms with Gasteiger partial charge in [0.1, 0.15) is 0 Å². The molecule has 2 atom stereocenters. The van der Waals surface area contributed by atoms with Gasteiger partial charge in [0, 0.05) is 19.0 Å². The molecule has 2 N–H and O–H groups in total. The Morgan fingerprint density at radius 1 is 1.47 bits per heavy atom. The molecule has 0 spiro atoms. The number of hydrogen-bond donors (Lipinski definition) is 2. The van der Waals surface area contributed by atoms with E-state index in [-0.39, 0.29) is 18.0 Å². The molecule has 17 heavy (non-hydrogen) atoms. The fourth-order valence-electron chi connectivity index (χ4n) is 1.89. The summed E-state index contributed by atoms with van der Waals surface area (Å²) in [6.45, 7) is 5.54. The average molecular weight is 255 g/mol. The molecule has 94 valence electrons. The summed E-state index contributed by atoms with van der Waals surface area (Å²) >= 11 is 5.77. The SMILES string of the molecule is CC(=O)NC(C)CC(NCl)c1cccc(C)c1. The standard InChI is InChI=1S/C13H19ClN2O/c1-9-5-4-6-12(7-9)13(16-14)8-10(2)15-11(3)17/h4-7,10,13,16H,8H2,1-3H3,(H,15,17). The monoisotopic (exact) mass is 254 g/mol. The van der Waals surface area contributed by atoms with E-state index in [1.165, 1.54) is 12.5 Å². The largest absolute Gasteiger partial charge is 0.354 e. The number of rotatable bonds is 5. The summed E-state index contributed by atoms with van der Waals surface area (Å²) in [6, 6.07) is 8.32. The quantitative estimate of drug-likeness (QED) is 0.794. The molecule has 0 saturated heterocycles. The number of carbonyl (C=O) groups excluding carboxylic acids is 1. The van der Waals surface area contributed by atoms with E-state index in [2.05, 4.69) is 16.2 Å². The predicted molar refractivity (Wildman–Crippen MR) is 70.8 cm³/mol. The molecule has 0 aliphatic heterocycles. The van der Waals surface area contributed by atoms with E-state index in [1.54, 1.807) is 0 Å². The van der Waals surface area contributed by atoms with Gasteiger partial charge in [-0.1, -0.05) is 29.8 Å². The van der Waals surface area contributed by atoms with Crippen molar-refractivity contribution in [3.8, 4) is 0 Å². The zero-order valence-corrected chi connectivity index (χ0v) is 11.2. The number of amides is 1. The Hall–Kier alpha value is -1.06. The minimum absolute atomic E-state index is 0.0185. The van der Waals surface area contributed by atoms with Crippen LogP contribution in [0.25, 0.3) is 0 Å². The topological polar surface area (TPSA) is 41.1 Å². The maximum absolute atomic E-state index is 11.0. The molecule has 0 aliphatic rings. The van der Waals surface area contributed by atoms with Crippen molar-refractivity contribution in [1.29, 1.82) is 0 Å². The van der Waals surface area contributed by atoms with Gasteiger partial charge in [-0.2, -0.15) is 0 Å². The maximum Gasteiger partial charge on any atom is 0.217 e. The van der Waals surface area contributed by atoms with Gasteiger partial charge in [-0.15, -0.1) is 0 Å². The van der Waals surface area contributed by atoms with E-state index in [0.29, 0.717) is 0 Å². The van der Waals surface area contributed by atoms with Gasteiger partial charge in [0.25, 0.3) is 0 Å². The molecular formula is C13H19ClN2O. The molecule has 0 fully saturated rings. The molecule has 2 unspecified atom stereocenters. The molecule has 1 rings (SSSR count). The summed E-state index contributed by atoms with van der Waals surface area (Å²) in [5.41, 5.74) is 2.34. The lowest BCUT2D eigenvalue weighted by molar-refractivity contribution is -0.119. The van der Waals surface area contributed by atoms with Crippen LogP contribution in [0.3, 0.4) is 0 Å². The van der Waals surface area contributed by atoms with Gasteiger partial charge in [-0.05, 0) is 37.6 Å². The normalized spacial score (nSPS) is 14.1. The van der Waals surface area contributed by atoms with Crippen LogP contribution >= 0.6 is 11.8 Å². The van der Waals surface area contributed by atoms with Crippen LogP contribution in [0.1, 0.15) is 37.4 Å². The maximum atomic E-state index is 11.0. The van der Waals surface area contributed by atoms with E-state index in [9.17, 15) is 4.79 Å². The number of nitrogens with one attached hydrogen (secondary N) is 2. The van der Waals surface area contributed by atoms with Crippen LogP contribution in [0.4, 0.5) is 0 Å². The highest BCUT2D eigenvalue weighted by molar-refractivity contribution is 6.13. The lowest BCUT2D eigenvalue weighted by Gasteiger charge is -2.20. The minimum atomic E-state index is -0.0185. The third-order valence-electron chi connectivity index (χ3n) is 2.62. The summed E-state index contributed by atoms with van der Waals surface area (Å²) in [5, 5.41) is 2.85. The van der Waals surface area contributed by atoms with Crippen molar-refractivity contribution in [3.05, 3.63) is 35.4 Å². The molecule has 1 aromatic carbocycles. The number of halogens is 1. The molecule has 0 aliphatic carbocycles. The van der Waals surface area contributed by atoms with Gasteiger partial charge >= 0.3 is 0 Å². The van der Waals surface area contributed by atoms with E-state index in [0.717, 1.165) is 12.0 Å². The second kappa shape index (κ2) is 6.62. The number of aryl methyl sites for hydroxylation is 1. The fraction of sp³-hybridized carbons (Fsp3) is 0.462. The Labute approximate surface area is 108 Å². The lowest BCUT2D eigenvalue weighted by Crippen LogP contribution is -2.33. The molecule has 0 saturated carbocycles. The highest BCUT2D eigenvalue weighted by Gasteiger charge is 2.14. The summed E-state index contributed by atoms with van der Waals surface area (Å²) in [4.78, 5) is 13.7. The van der Waals surface area contributed by atoms with Crippen LogP contribution < -0.4 is 10.2 Å². The van der Waals surface area contributed by atoms with Crippen molar-refractivity contribution in [2.75, 3.05) is 0 Å². The van der Waals surface area contributed by atoms with Crippen molar-refractivity contribution >= 4 is 17.7 Å². The predicted octanol–water partition coefficient (Wildman–Crippen LogP) is 2.69. The second-order valence-corrected chi connectivity index (χ2v) is 4.63. The summed E-state index contributed by atoms with van der Waals surface area (Å²) < 4.78 is 0. The van der Waals surface area contributed by atoms with Crippen molar-refractivity contribution in [2.24, 2.45) is 0 Å². The number of hydrogen-bond acceptors (Lipinski definition) is 2. The average Bonchev–Trinajstić information content (AvgIpc) is 2.24. The van der Waals surface area contributed by atoms with Gasteiger partial charge in [0.05, 0.1) is 0 Å². The third-order valence-corrected chi connectivity index (χ3v) is 2.88. The van der Waals surface area contributed by atoms with Crippen LogP contribution in [0, 0.1) is 6.92 Å². The Morgan fingerprint density at radius 3 is 2.71 bits per heavy atom. The van der Waals surface area contributed by atoms with Crippen molar-refractivity contribution in [3.63, 3.8) is 0 Å². The van der Waals surface area contributed by atoms with Gasteiger partial charge in [-0.25, -0.2) is 4.84 Å². The molecule has 4 heteroatoms. The molecule has 3 nitrogen and oxygen atoms in total. The molecule has 0 heterocycles. The molecule has 1 amide bonds. The van der Waals surface area contributed by atoms with E-state index in [1.807, 2.05) is 32.0 Å². The Kier molecular flexibility index (Phi) is 5.45. The first kappa shape index (κ1) is 14.0. The number of carbonyl (C=O) groups is 1. The van der Waals surface area contributed by atoms with Crippen molar-refractivity contribution < 1.29 is 4.79 Å². The van der Waals surface area contributed by atoms with Gasteiger partial charge in [0.15, 0.2) is 0 Å². The molecule has 1 aromatic rings. The molecule has 0 aromatic heterocycles. The molecule has 0 radical (unpaired) electrons. The van der Waals surface area contributed by atoms with Crippen molar-refractivity contribution in [1.82, 2.24) is 10.2 Å². The lowest BCUT2D eigenvalue weighted by atomic mass is 9.99. The highest BCUT2D eigenvalue weighted by atomic mass is 35.5. The molecule has 0 bridgehead atoms. The van der Waals surface area contributed by atoms with Crippen LogP contribution in [0.15, 0.2) is 24.3 Å². The van der Waals surface area contributed by atoms with Crippen LogP contribution in [0.5, 0.6) is 0 Å².